The second kappa shape index (κ2) is 11.2. The molecule has 0 fully saturated rings. The third-order valence-corrected chi connectivity index (χ3v) is 5.80. The number of alkyl halides is 3. The molecule has 1 atom stereocenters. The van der Waals surface area contributed by atoms with E-state index in [4.69, 9.17) is 26.1 Å². The standard InChI is InChI=1S/C25H22ClF3N4O5/c1-3-36-22(35)13-37-21(34)8-7-18-24-31-12-14(2)33(24)19-11-20(38-25(27,28)29)16(26)10-15(19)23(32-18)17-6-4-5-9-30-17/h4-6,9-12,18H,3,7-8,13H2,1-2H3/t18-/m0/s1. The predicted molar refractivity (Wildman–Crippen MR) is 129 cm³/mol. The number of benzene rings is 1. The summed E-state index contributed by atoms with van der Waals surface area (Å²) in [6.45, 7) is 3.01. The van der Waals surface area contributed by atoms with Crippen LogP contribution in [0.4, 0.5) is 13.2 Å². The van der Waals surface area contributed by atoms with Gasteiger partial charge in [0.1, 0.15) is 17.6 Å². The lowest BCUT2D eigenvalue weighted by molar-refractivity contribution is -0.274. The first kappa shape index (κ1) is 27.1. The first-order valence-corrected chi connectivity index (χ1v) is 11.9. The summed E-state index contributed by atoms with van der Waals surface area (Å²) in [5.41, 5.74) is 2.09. The van der Waals surface area contributed by atoms with Gasteiger partial charge in [0.15, 0.2) is 6.61 Å². The number of aryl methyl sites for hydroxylation is 1. The molecule has 0 unspecified atom stereocenters. The number of carbonyl (C=O) groups excluding carboxylic acids is 2. The Bertz CT molecular complexity index is 1380. The molecule has 13 heteroatoms. The number of fused-ring (bicyclic) bond motifs is 3. The van der Waals surface area contributed by atoms with Crippen molar-refractivity contribution in [2.75, 3.05) is 13.2 Å². The van der Waals surface area contributed by atoms with Gasteiger partial charge in [-0.1, -0.05) is 17.7 Å². The molecule has 0 aliphatic carbocycles. The first-order chi connectivity index (χ1) is 18.1. The smallest absolute Gasteiger partial charge is 0.463 e. The molecule has 1 aromatic carbocycles. The number of carbonyl (C=O) groups is 2. The van der Waals surface area contributed by atoms with E-state index in [-0.39, 0.29) is 24.5 Å². The van der Waals surface area contributed by atoms with Gasteiger partial charge in [0.25, 0.3) is 0 Å². The molecule has 0 N–H and O–H groups in total. The zero-order chi connectivity index (χ0) is 27.4. The zero-order valence-electron chi connectivity index (χ0n) is 20.3. The summed E-state index contributed by atoms with van der Waals surface area (Å²) in [5.74, 6) is -1.51. The molecule has 3 heterocycles. The van der Waals surface area contributed by atoms with Crippen molar-refractivity contribution < 1.29 is 37.0 Å². The maximum Gasteiger partial charge on any atom is 0.573 e. The molecule has 1 aliphatic heterocycles. The van der Waals surface area contributed by atoms with Crippen molar-refractivity contribution in [2.45, 2.75) is 39.1 Å². The summed E-state index contributed by atoms with van der Waals surface area (Å²) >= 11 is 6.21. The zero-order valence-corrected chi connectivity index (χ0v) is 21.0. The van der Waals surface area contributed by atoms with E-state index in [1.54, 1.807) is 49.0 Å². The second-order valence-corrected chi connectivity index (χ2v) is 8.56. The van der Waals surface area contributed by atoms with Gasteiger partial charge in [0.05, 0.1) is 28.7 Å². The number of hydrogen-bond donors (Lipinski definition) is 0. The monoisotopic (exact) mass is 550 g/mol. The van der Waals surface area contributed by atoms with E-state index in [2.05, 4.69) is 14.7 Å². The molecule has 200 valence electrons. The predicted octanol–water partition coefficient (Wildman–Crippen LogP) is 4.91. The average molecular weight is 551 g/mol. The van der Waals surface area contributed by atoms with Gasteiger partial charge in [-0.2, -0.15) is 0 Å². The summed E-state index contributed by atoms with van der Waals surface area (Å²) in [6.07, 6.45) is -1.85. The van der Waals surface area contributed by atoms with Gasteiger partial charge in [-0.3, -0.25) is 19.3 Å². The van der Waals surface area contributed by atoms with E-state index in [9.17, 15) is 22.8 Å². The van der Waals surface area contributed by atoms with Gasteiger partial charge in [0, 0.05) is 36.1 Å². The van der Waals surface area contributed by atoms with Crippen molar-refractivity contribution in [3.05, 3.63) is 70.5 Å². The lowest BCUT2D eigenvalue weighted by Gasteiger charge is -2.17. The molecule has 1 aliphatic rings. The van der Waals surface area contributed by atoms with Crippen LogP contribution in [0.3, 0.4) is 0 Å². The Morgan fingerprint density at radius 3 is 2.61 bits per heavy atom. The fourth-order valence-electron chi connectivity index (χ4n) is 3.98. The van der Waals surface area contributed by atoms with Crippen LogP contribution in [0.25, 0.3) is 5.69 Å². The molecule has 3 aromatic rings. The van der Waals surface area contributed by atoms with Crippen LogP contribution in [-0.2, 0) is 19.1 Å². The van der Waals surface area contributed by atoms with Gasteiger partial charge in [0.2, 0.25) is 0 Å². The number of halogens is 4. The molecule has 0 amide bonds. The Labute approximate surface area is 220 Å². The molecule has 0 saturated heterocycles. The fourth-order valence-corrected chi connectivity index (χ4v) is 4.18. The quantitative estimate of drug-likeness (QED) is 0.367. The molecule has 38 heavy (non-hydrogen) atoms. The van der Waals surface area contributed by atoms with E-state index in [1.807, 2.05) is 0 Å². The van der Waals surface area contributed by atoms with Crippen molar-refractivity contribution in [1.82, 2.24) is 14.5 Å². The van der Waals surface area contributed by atoms with Crippen molar-refractivity contribution in [1.29, 1.82) is 0 Å². The minimum atomic E-state index is -4.96. The number of rotatable bonds is 8. The Kier molecular flexibility index (Phi) is 8.00. The molecular formula is C25H22ClF3N4O5. The molecule has 0 bridgehead atoms. The van der Waals surface area contributed by atoms with E-state index in [1.165, 1.54) is 12.1 Å². The van der Waals surface area contributed by atoms with E-state index < -0.39 is 36.7 Å². The summed E-state index contributed by atoms with van der Waals surface area (Å²) in [6, 6.07) is 6.95. The Morgan fingerprint density at radius 1 is 1.13 bits per heavy atom. The molecule has 0 radical (unpaired) electrons. The second-order valence-electron chi connectivity index (χ2n) is 8.15. The fraction of sp³-hybridized carbons (Fsp3) is 0.320. The van der Waals surface area contributed by atoms with Crippen LogP contribution < -0.4 is 4.74 Å². The number of nitrogens with zero attached hydrogens (tertiary/aromatic N) is 4. The van der Waals surface area contributed by atoms with E-state index >= 15 is 0 Å². The molecule has 2 aromatic heterocycles. The highest BCUT2D eigenvalue weighted by atomic mass is 35.5. The first-order valence-electron chi connectivity index (χ1n) is 11.5. The van der Waals surface area contributed by atoms with Crippen molar-refractivity contribution in [3.63, 3.8) is 0 Å². The van der Waals surface area contributed by atoms with Gasteiger partial charge in [-0.25, -0.2) is 9.78 Å². The van der Waals surface area contributed by atoms with Crippen molar-refractivity contribution in [3.8, 4) is 11.4 Å². The van der Waals surface area contributed by atoms with Crippen LogP contribution in [0, 0.1) is 6.92 Å². The topological polar surface area (TPSA) is 105 Å². The van der Waals surface area contributed by atoms with Crippen molar-refractivity contribution >= 4 is 29.3 Å². The van der Waals surface area contributed by atoms with Crippen LogP contribution in [0.15, 0.2) is 47.7 Å². The summed E-state index contributed by atoms with van der Waals surface area (Å²) in [5, 5.41) is -0.273. The van der Waals surface area contributed by atoms with E-state index in [0.717, 1.165) is 0 Å². The lowest BCUT2D eigenvalue weighted by Crippen LogP contribution is -2.18. The molecule has 9 nitrogen and oxygen atoms in total. The number of pyridine rings is 1. The third kappa shape index (κ3) is 6.13. The highest BCUT2D eigenvalue weighted by Crippen LogP contribution is 2.39. The Balaban J connectivity index is 1.76. The van der Waals surface area contributed by atoms with Gasteiger partial charge < -0.3 is 14.2 Å². The number of hydrogen-bond acceptors (Lipinski definition) is 8. The maximum atomic E-state index is 13.1. The maximum absolute atomic E-state index is 13.1. The van der Waals surface area contributed by atoms with Gasteiger partial charge in [-0.05, 0) is 38.5 Å². The highest BCUT2D eigenvalue weighted by Gasteiger charge is 2.34. The molecule has 0 saturated carbocycles. The SMILES string of the molecule is CCOC(=O)COC(=O)CC[C@@H]1N=C(c2ccccn2)c2cc(Cl)c(OC(F)(F)F)cc2-n2c(C)cnc21. The van der Waals surface area contributed by atoms with Crippen LogP contribution in [0.1, 0.15) is 48.6 Å². The number of imidazole rings is 1. The van der Waals surface area contributed by atoms with E-state index in [0.29, 0.717) is 34.2 Å². The molecule has 4 rings (SSSR count). The van der Waals surface area contributed by atoms with Crippen LogP contribution in [0.5, 0.6) is 5.75 Å². The Morgan fingerprint density at radius 2 is 1.92 bits per heavy atom. The number of aliphatic imine (C=N–C) groups is 1. The minimum Gasteiger partial charge on any atom is -0.463 e. The molecule has 0 spiro atoms. The summed E-state index contributed by atoms with van der Waals surface area (Å²) in [7, 11) is 0. The highest BCUT2D eigenvalue weighted by molar-refractivity contribution is 6.33. The Hall–Kier alpha value is -3.93. The minimum absolute atomic E-state index is 0.117. The normalized spacial score (nSPS) is 14.6. The summed E-state index contributed by atoms with van der Waals surface area (Å²) in [4.78, 5) is 37.5. The largest absolute Gasteiger partial charge is 0.573 e. The third-order valence-electron chi connectivity index (χ3n) is 5.51. The lowest BCUT2D eigenvalue weighted by atomic mass is 10.0. The average Bonchev–Trinajstić information content (AvgIpc) is 3.18. The van der Waals surface area contributed by atoms with Crippen LogP contribution in [0.2, 0.25) is 5.02 Å². The number of aromatic nitrogens is 3. The number of ether oxygens (including phenoxy) is 3. The van der Waals surface area contributed by atoms with Crippen LogP contribution in [-0.4, -0.2) is 51.8 Å². The van der Waals surface area contributed by atoms with Gasteiger partial charge >= 0.3 is 18.3 Å². The summed E-state index contributed by atoms with van der Waals surface area (Å²) < 4.78 is 54.8. The molecular weight excluding hydrogens is 529 g/mol. The van der Waals surface area contributed by atoms with Crippen molar-refractivity contribution in [2.24, 2.45) is 4.99 Å². The van der Waals surface area contributed by atoms with Crippen LogP contribution >= 0.6 is 11.6 Å². The number of esters is 2. The van der Waals surface area contributed by atoms with Gasteiger partial charge in [-0.15, -0.1) is 13.2 Å².